The SMILES string of the molecule is COc1ccc([C@@H]2C[C@H](C)[C@@H](C(=O)O)C(C)(C)C2)cc1. The van der Waals surface area contributed by atoms with Gasteiger partial charge in [-0.3, -0.25) is 4.79 Å². The van der Waals surface area contributed by atoms with Gasteiger partial charge in [0, 0.05) is 0 Å². The first-order chi connectivity index (χ1) is 9.35. The average molecular weight is 276 g/mol. The Labute approximate surface area is 121 Å². The molecule has 0 bridgehead atoms. The van der Waals surface area contributed by atoms with Gasteiger partial charge >= 0.3 is 5.97 Å². The summed E-state index contributed by atoms with van der Waals surface area (Å²) in [6, 6.07) is 8.17. The summed E-state index contributed by atoms with van der Waals surface area (Å²) in [4.78, 5) is 11.5. The fourth-order valence-electron chi connectivity index (χ4n) is 3.91. The number of methoxy groups -OCH3 is 1. The van der Waals surface area contributed by atoms with E-state index in [4.69, 9.17) is 4.74 Å². The summed E-state index contributed by atoms with van der Waals surface area (Å²) in [6.07, 6.45) is 1.85. The van der Waals surface area contributed by atoms with Crippen molar-refractivity contribution in [1.29, 1.82) is 0 Å². The summed E-state index contributed by atoms with van der Waals surface area (Å²) >= 11 is 0. The van der Waals surface area contributed by atoms with Crippen LogP contribution in [-0.2, 0) is 4.79 Å². The minimum absolute atomic E-state index is 0.173. The van der Waals surface area contributed by atoms with Crippen LogP contribution in [-0.4, -0.2) is 18.2 Å². The highest BCUT2D eigenvalue weighted by atomic mass is 16.5. The van der Waals surface area contributed by atoms with Gasteiger partial charge in [-0.05, 0) is 47.8 Å². The van der Waals surface area contributed by atoms with Crippen LogP contribution in [0, 0.1) is 17.3 Å². The van der Waals surface area contributed by atoms with E-state index in [2.05, 4.69) is 32.9 Å². The lowest BCUT2D eigenvalue weighted by Gasteiger charge is -2.44. The monoisotopic (exact) mass is 276 g/mol. The zero-order valence-corrected chi connectivity index (χ0v) is 12.7. The summed E-state index contributed by atoms with van der Waals surface area (Å²) in [5.41, 5.74) is 1.11. The molecule has 0 heterocycles. The summed E-state index contributed by atoms with van der Waals surface area (Å²) in [7, 11) is 1.66. The number of hydrogen-bond donors (Lipinski definition) is 1. The average Bonchev–Trinajstić information content (AvgIpc) is 2.36. The standard InChI is InChI=1S/C17H24O3/c1-11-9-13(10-17(2,3)15(11)16(18)19)12-5-7-14(20-4)8-6-12/h5-8,11,13,15H,9-10H2,1-4H3,(H,18,19)/t11-,13+,15-/m0/s1. The Kier molecular flexibility index (Phi) is 4.07. The molecule has 20 heavy (non-hydrogen) atoms. The Balaban J connectivity index is 2.21. The molecular formula is C17H24O3. The number of aliphatic carboxylic acids is 1. The van der Waals surface area contributed by atoms with E-state index in [1.807, 2.05) is 12.1 Å². The first kappa shape index (κ1) is 14.9. The van der Waals surface area contributed by atoms with Gasteiger partial charge in [0.2, 0.25) is 0 Å². The van der Waals surface area contributed by atoms with E-state index in [1.54, 1.807) is 7.11 Å². The molecule has 1 saturated carbocycles. The topological polar surface area (TPSA) is 46.5 Å². The van der Waals surface area contributed by atoms with Gasteiger partial charge < -0.3 is 9.84 Å². The molecule has 1 fully saturated rings. The third-order valence-corrected chi connectivity index (χ3v) is 4.69. The largest absolute Gasteiger partial charge is 0.497 e. The highest BCUT2D eigenvalue weighted by Gasteiger charge is 2.45. The number of carbonyl (C=O) groups is 1. The van der Waals surface area contributed by atoms with Crippen molar-refractivity contribution in [3.63, 3.8) is 0 Å². The molecule has 1 aliphatic rings. The first-order valence-corrected chi connectivity index (χ1v) is 7.22. The van der Waals surface area contributed by atoms with Crippen molar-refractivity contribution < 1.29 is 14.6 Å². The van der Waals surface area contributed by atoms with Crippen molar-refractivity contribution in [2.75, 3.05) is 7.11 Å². The molecule has 1 aliphatic carbocycles. The maximum Gasteiger partial charge on any atom is 0.307 e. The van der Waals surface area contributed by atoms with Gasteiger partial charge in [0.05, 0.1) is 13.0 Å². The Morgan fingerprint density at radius 1 is 1.30 bits per heavy atom. The molecule has 0 amide bonds. The second-order valence-electron chi connectivity index (χ2n) is 6.69. The molecular weight excluding hydrogens is 252 g/mol. The molecule has 0 spiro atoms. The molecule has 1 aromatic rings. The van der Waals surface area contributed by atoms with E-state index in [-0.39, 0.29) is 17.3 Å². The predicted molar refractivity (Wildman–Crippen MR) is 79.0 cm³/mol. The minimum Gasteiger partial charge on any atom is -0.497 e. The molecule has 1 aromatic carbocycles. The van der Waals surface area contributed by atoms with Crippen LogP contribution in [0.3, 0.4) is 0 Å². The Hall–Kier alpha value is -1.51. The molecule has 0 radical (unpaired) electrons. The van der Waals surface area contributed by atoms with Crippen LogP contribution >= 0.6 is 0 Å². The van der Waals surface area contributed by atoms with Crippen molar-refractivity contribution >= 4 is 5.97 Å². The van der Waals surface area contributed by atoms with Crippen LogP contribution in [0.2, 0.25) is 0 Å². The quantitative estimate of drug-likeness (QED) is 0.909. The molecule has 110 valence electrons. The van der Waals surface area contributed by atoms with E-state index in [0.29, 0.717) is 5.92 Å². The first-order valence-electron chi connectivity index (χ1n) is 7.22. The van der Waals surface area contributed by atoms with Gasteiger partial charge in [-0.25, -0.2) is 0 Å². The van der Waals surface area contributed by atoms with E-state index < -0.39 is 5.97 Å². The van der Waals surface area contributed by atoms with Crippen LogP contribution in [0.5, 0.6) is 5.75 Å². The summed E-state index contributed by atoms with van der Waals surface area (Å²) in [6.45, 7) is 6.23. The van der Waals surface area contributed by atoms with Gasteiger partial charge in [0.1, 0.15) is 5.75 Å². The van der Waals surface area contributed by atoms with Crippen LogP contribution in [0.4, 0.5) is 0 Å². The number of rotatable bonds is 3. The summed E-state index contributed by atoms with van der Waals surface area (Å²) < 4.78 is 5.19. The number of ether oxygens (including phenoxy) is 1. The molecule has 0 aromatic heterocycles. The van der Waals surface area contributed by atoms with Crippen LogP contribution in [0.15, 0.2) is 24.3 Å². The molecule has 1 N–H and O–H groups in total. The molecule has 2 rings (SSSR count). The predicted octanol–water partition coefficient (Wildman–Crippen LogP) is 3.94. The van der Waals surface area contributed by atoms with Crippen molar-refractivity contribution in [2.45, 2.75) is 39.5 Å². The smallest absolute Gasteiger partial charge is 0.307 e. The number of benzene rings is 1. The van der Waals surface area contributed by atoms with Crippen molar-refractivity contribution in [3.05, 3.63) is 29.8 Å². The van der Waals surface area contributed by atoms with E-state index >= 15 is 0 Å². The lowest BCUT2D eigenvalue weighted by atomic mass is 9.59. The van der Waals surface area contributed by atoms with Gasteiger partial charge in [0.25, 0.3) is 0 Å². The molecule has 3 nitrogen and oxygen atoms in total. The van der Waals surface area contributed by atoms with Gasteiger partial charge in [0.15, 0.2) is 0 Å². The Bertz CT molecular complexity index is 476. The highest BCUT2D eigenvalue weighted by Crippen LogP contribution is 2.50. The molecule has 0 unspecified atom stereocenters. The molecule has 0 aliphatic heterocycles. The van der Waals surface area contributed by atoms with Gasteiger partial charge in [-0.15, -0.1) is 0 Å². The zero-order chi connectivity index (χ0) is 14.9. The summed E-state index contributed by atoms with van der Waals surface area (Å²) in [5.74, 6) is 0.581. The minimum atomic E-state index is -0.657. The van der Waals surface area contributed by atoms with E-state index in [9.17, 15) is 9.90 Å². The lowest BCUT2D eigenvalue weighted by Crippen LogP contribution is -2.41. The van der Waals surface area contributed by atoms with Crippen LogP contribution < -0.4 is 4.74 Å². The lowest BCUT2D eigenvalue weighted by molar-refractivity contribution is -0.151. The fraction of sp³-hybridized carbons (Fsp3) is 0.588. The van der Waals surface area contributed by atoms with Gasteiger partial charge in [-0.2, -0.15) is 0 Å². The summed E-state index contributed by atoms with van der Waals surface area (Å²) in [5, 5.41) is 9.45. The van der Waals surface area contributed by atoms with Crippen LogP contribution in [0.25, 0.3) is 0 Å². The van der Waals surface area contributed by atoms with Gasteiger partial charge in [-0.1, -0.05) is 32.9 Å². The number of hydrogen-bond acceptors (Lipinski definition) is 2. The van der Waals surface area contributed by atoms with E-state index in [1.165, 1.54) is 5.56 Å². The van der Waals surface area contributed by atoms with Crippen molar-refractivity contribution in [2.24, 2.45) is 17.3 Å². The third kappa shape index (κ3) is 2.82. The molecule has 3 atom stereocenters. The maximum atomic E-state index is 11.5. The van der Waals surface area contributed by atoms with E-state index in [0.717, 1.165) is 18.6 Å². The van der Waals surface area contributed by atoms with Crippen molar-refractivity contribution in [3.8, 4) is 5.75 Å². The second kappa shape index (κ2) is 5.47. The van der Waals surface area contributed by atoms with Crippen molar-refractivity contribution in [1.82, 2.24) is 0 Å². The highest BCUT2D eigenvalue weighted by molar-refractivity contribution is 5.71. The fourth-order valence-corrected chi connectivity index (χ4v) is 3.91. The third-order valence-electron chi connectivity index (χ3n) is 4.69. The van der Waals surface area contributed by atoms with Crippen LogP contribution in [0.1, 0.15) is 45.1 Å². The molecule has 0 saturated heterocycles. The maximum absolute atomic E-state index is 11.5. The second-order valence-corrected chi connectivity index (χ2v) is 6.69. The number of carboxylic acid groups (broad SMARTS) is 1. The Morgan fingerprint density at radius 3 is 2.35 bits per heavy atom. The zero-order valence-electron chi connectivity index (χ0n) is 12.7. The number of carboxylic acids is 1. The molecule has 3 heteroatoms. The Morgan fingerprint density at radius 2 is 1.90 bits per heavy atom. The normalized spacial score (nSPS) is 28.9.